The first-order chi connectivity index (χ1) is 7.59. The van der Waals surface area contributed by atoms with Crippen LogP contribution in [0, 0.1) is 0 Å². The van der Waals surface area contributed by atoms with Gasteiger partial charge in [-0.1, -0.05) is 30.3 Å². The van der Waals surface area contributed by atoms with Crippen LogP contribution in [0.5, 0.6) is 0 Å². The van der Waals surface area contributed by atoms with Crippen molar-refractivity contribution in [2.45, 2.75) is 38.8 Å². The molecule has 1 rings (SSSR count). The maximum Gasteiger partial charge on any atom is 0.320 e. The molecule has 0 bridgehead atoms. The van der Waals surface area contributed by atoms with Crippen LogP contribution in [0.2, 0.25) is 0 Å². The van der Waals surface area contributed by atoms with E-state index in [4.69, 9.17) is 5.11 Å². The number of rotatable bonds is 6. The van der Waals surface area contributed by atoms with Gasteiger partial charge < -0.3 is 10.4 Å². The van der Waals surface area contributed by atoms with E-state index in [-0.39, 0.29) is 6.04 Å². The number of nitrogens with one attached hydrogen (secondary N) is 1. The van der Waals surface area contributed by atoms with E-state index in [0.29, 0.717) is 0 Å². The average Bonchev–Trinajstić information content (AvgIpc) is 2.27. The lowest BCUT2D eigenvalue weighted by Crippen LogP contribution is -2.39. The minimum absolute atomic E-state index is 0.214. The van der Waals surface area contributed by atoms with E-state index in [1.54, 1.807) is 6.92 Å². The van der Waals surface area contributed by atoms with Crippen molar-refractivity contribution >= 4 is 5.97 Å². The number of benzene rings is 1. The molecule has 0 amide bonds. The van der Waals surface area contributed by atoms with E-state index in [0.717, 1.165) is 12.8 Å². The van der Waals surface area contributed by atoms with E-state index in [9.17, 15) is 4.79 Å². The number of carboxylic acid groups (broad SMARTS) is 1. The minimum atomic E-state index is -0.799. The predicted octanol–water partition coefficient (Wildman–Crippen LogP) is 2.07. The Bertz CT molecular complexity index is 324. The molecule has 1 aromatic rings. The second-order valence-corrected chi connectivity index (χ2v) is 4.15. The van der Waals surface area contributed by atoms with E-state index in [2.05, 4.69) is 17.4 Å². The Hall–Kier alpha value is -1.35. The quantitative estimate of drug-likeness (QED) is 0.773. The molecule has 0 radical (unpaired) electrons. The van der Waals surface area contributed by atoms with Gasteiger partial charge in [0.15, 0.2) is 0 Å². The predicted molar refractivity (Wildman–Crippen MR) is 64.5 cm³/mol. The van der Waals surface area contributed by atoms with Crippen molar-refractivity contribution in [1.29, 1.82) is 0 Å². The van der Waals surface area contributed by atoms with Crippen molar-refractivity contribution in [2.75, 3.05) is 0 Å². The molecule has 0 aliphatic heterocycles. The number of carboxylic acids is 1. The number of aliphatic carboxylic acids is 1. The second kappa shape index (κ2) is 6.28. The molecule has 16 heavy (non-hydrogen) atoms. The summed E-state index contributed by atoms with van der Waals surface area (Å²) >= 11 is 0. The van der Waals surface area contributed by atoms with Gasteiger partial charge in [-0.05, 0) is 32.3 Å². The van der Waals surface area contributed by atoms with E-state index >= 15 is 0 Å². The molecule has 2 atom stereocenters. The van der Waals surface area contributed by atoms with Crippen LogP contribution in [0.25, 0.3) is 0 Å². The summed E-state index contributed by atoms with van der Waals surface area (Å²) in [6.45, 7) is 3.68. The molecule has 3 heteroatoms. The zero-order valence-electron chi connectivity index (χ0n) is 9.81. The molecule has 0 heterocycles. The maximum absolute atomic E-state index is 10.6. The Kier molecular flexibility index (Phi) is 4.99. The first-order valence-corrected chi connectivity index (χ1v) is 5.62. The molecule has 0 spiro atoms. The standard InChI is InChI=1S/C13H19NO2/c1-10(14-11(2)13(15)16)8-9-12-6-4-3-5-7-12/h3-7,10-11,14H,8-9H2,1-2H3,(H,15,16). The molecule has 0 aliphatic rings. The summed E-state index contributed by atoms with van der Waals surface area (Å²) < 4.78 is 0. The molecule has 0 aromatic heterocycles. The average molecular weight is 221 g/mol. The van der Waals surface area contributed by atoms with Gasteiger partial charge in [0, 0.05) is 6.04 Å². The summed E-state index contributed by atoms with van der Waals surface area (Å²) in [7, 11) is 0. The molecular formula is C13H19NO2. The smallest absolute Gasteiger partial charge is 0.320 e. The van der Waals surface area contributed by atoms with Crippen molar-refractivity contribution < 1.29 is 9.90 Å². The highest BCUT2D eigenvalue weighted by Crippen LogP contribution is 2.05. The van der Waals surface area contributed by atoms with Gasteiger partial charge in [0.2, 0.25) is 0 Å². The Balaban J connectivity index is 2.30. The van der Waals surface area contributed by atoms with E-state index < -0.39 is 12.0 Å². The first kappa shape index (κ1) is 12.7. The number of aryl methyl sites for hydroxylation is 1. The van der Waals surface area contributed by atoms with Gasteiger partial charge in [-0.15, -0.1) is 0 Å². The van der Waals surface area contributed by atoms with Gasteiger partial charge in [-0.2, -0.15) is 0 Å². The molecular weight excluding hydrogens is 202 g/mol. The van der Waals surface area contributed by atoms with Crippen molar-refractivity contribution in [3.8, 4) is 0 Å². The fourth-order valence-corrected chi connectivity index (χ4v) is 1.61. The summed E-state index contributed by atoms with van der Waals surface area (Å²) in [4.78, 5) is 10.6. The van der Waals surface area contributed by atoms with Gasteiger partial charge >= 0.3 is 5.97 Å². The molecule has 0 saturated heterocycles. The summed E-state index contributed by atoms with van der Waals surface area (Å²) in [5.74, 6) is -0.799. The van der Waals surface area contributed by atoms with Gasteiger partial charge in [0.05, 0.1) is 0 Å². The van der Waals surface area contributed by atoms with E-state index in [1.165, 1.54) is 5.56 Å². The minimum Gasteiger partial charge on any atom is -0.480 e. The monoisotopic (exact) mass is 221 g/mol. The lowest BCUT2D eigenvalue weighted by molar-refractivity contribution is -0.139. The molecule has 0 aliphatic carbocycles. The van der Waals surface area contributed by atoms with Crippen LogP contribution >= 0.6 is 0 Å². The molecule has 0 saturated carbocycles. The summed E-state index contributed by atoms with van der Waals surface area (Å²) in [5, 5.41) is 11.8. The molecule has 2 N–H and O–H groups in total. The zero-order chi connectivity index (χ0) is 12.0. The third-order valence-corrected chi connectivity index (χ3v) is 2.61. The third-order valence-electron chi connectivity index (χ3n) is 2.61. The Morgan fingerprint density at radius 1 is 1.31 bits per heavy atom. The van der Waals surface area contributed by atoms with Crippen molar-refractivity contribution in [1.82, 2.24) is 5.32 Å². The topological polar surface area (TPSA) is 49.3 Å². The SMILES string of the molecule is CC(CCc1ccccc1)NC(C)C(=O)O. The maximum atomic E-state index is 10.6. The lowest BCUT2D eigenvalue weighted by Gasteiger charge is -2.16. The highest BCUT2D eigenvalue weighted by molar-refractivity contribution is 5.72. The van der Waals surface area contributed by atoms with Gasteiger partial charge in [0.1, 0.15) is 6.04 Å². The fraction of sp³-hybridized carbons (Fsp3) is 0.462. The third kappa shape index (κ3) is 4.45. The van der Waals surface area contributed by atoms with Crippen LogP contribution in [0.4, 0.5) is 0 Å². The summed E-state index contributed by atoms with van der Waals surface area (Å²) in [5.41, 5.74) is 1.29. The summed E-state index contributed by atoms with van der Waals surface area (Å²) in [6, 6.07) is 9.95. The lowest BCUT2D eigenvalue weighted by atomic mass is 10.1. The molecule has 2 unspecified atom stereocenters. The number of carbonyl (C=O) groups is 1. The number of hydrogen-bond acceptors (Lipinski definition) is 2. The molecule has 0 fully saturated rings. The second-order valence-electron chi connectivity index (χ2n) is 4.15. The molecule has 3 nitrogen and oxygen atoms in total. The fourth-order valence-electron chi connectivity index (χ4n) is 1.61. The van der Waals surface area contributed by atoms with Crippen LogP contribution in [0.15, 0.2) is 30.3 Å². The highest BCUT2D eigenvalue weighted by atomic mass is 16.4. The Labute approximate surface area is 96.5 Å². The van der Waals surface area contributed by atoms with Crippen LogP contribution in [-0.4, -0.2) is 23.2 Å². The number of hydrogen-bond donors (Lipinski definition) is 2. The van der Waals surface area contributed by atoms with Crippen molar-refractivity contribution in [3.63, 3.8) is 0 Å². The summed E-state index contributed by atoms with van der Waals surface area (Å²) in [6.07, 6.45) is 1.92. The van der Waals surface area contributed by atoms with Crippen molar-refractivity contribution in [2.24, 2.45) is 0 Å². The largest absolute Gasteiger partial charge is 0.480 e. The van der Waals surface area contributed by atoms with Crippen molar-refractivity contribution in [3.05, 3.63) is 35.9 Å². The Morgan fingerprint density at radius 3 is 2.50 bits per heavy atom. The van der Waals surface area contributed by atoms with Crippen LogP contribution < -0.4 is 5.32 Å². The van der Waals surface area contributed by atoms with Crippen LogP contribution in [0.3, 0.4) is 0 Å². The zero-order valence-corrected chi connectivity index (χ0v) is 9.81. The normalized spacial score (nSPS) is 14.4. The first-order valence-electron chi connectivity index (χ1n) is 5.62. The van der Waals surface area contributed by atoms with E-state index in [1.807, 2.05) is 25.1 Å². The Morgan fingerprint density at radius 2 is 1.94 bits per heavy atom. The molecule has 1 aromatic carbocycles. The molecule has 88 valence electrons. The van der Waals surface area contributed by atoms with Gasteiger partial charge in [-0.3, -0.25) is 4.79 Å². The van der Waals surface area contributed by atoms with Gasteiger partial charge in [-0.25, -0.2) is 0 Å². The van der Waals surface area contributed by atoms with Crippen LogP contribution in [-0.2, 0) is 11.2 Å². The van der Waals surface area contributed by atoms with Crippen LogP contribution in [0.1, 0.15) is 25.8 Å². The van der Waals surface area contributed by atoms with Gasteiger partial charge in [0.25, 0.3) is 0 Å². The highest BCUT2D eigenvalue weighted by Gasteiger charge is 2.13.